The van der Waals surface area contributed by atoms with Gasteiger partial charge in [0, 0.05) is 39.7 Å². The van der Waals surface area contributed by atoms with E-state index in [2.05, 4.69) is 45.4 Å². The molecule has 0 aromatic heterocycles. The predicted octanol–water partition coefficient (Wildman–Crippen LogP) is 11.0. The molecular formula is C40H29N7O14S3. The molecule has 0 fully saturated rings. The Morgan fingerprint density at radius 2 is 1.30 bits per heavy atom. The molecule has 7 aromatic rings. The van der Waals surface area contributed by atoms with Crippen LogP contribution in [0.15, 0.2) is 161 Å². The van der Waals surface area contributed by atoms with E-state index >= 15 is 0 Å². The topological polar surface area (TPSA) is 321 Å². The summed E-state index contributed by atoms with van der Waals surface area (Å²) in [6.07, 6.45) is 0. The van der Waals surface area contributed by atoms with E-state index in [4.69, 9.17) is 9.99 Å². The van der Waals surface area contributed by atoms with E-state index in [0.29, 0.717) is 34.2 Å². The third-order valence-corrected chi connectivity index (χ3v) is 11.4. The summed E-state index contributed by atoms with van der Waals surface area (Å²) in [5.74, 6) is -1.93. The fraction of sp³-hybridized carbons (Fsp3) is 0.0250. The van der Waals surface area contributed by atoms with Crippen molar-refractivity contribution in [1.82, 2.24) is 0 Å². The minimum Gasteiger partial charge on any atom is -0.506 e. The Kier molecular flexibility index (Phi) is 12.9. The molecule has 0 bridgehead atoms. The zero-order chi connectivity index (χ0) is 45.8. The van der Waals surface area contributed by atoms with Crippen LogP contribution >= 0.6 is 12.0 Å². The molecule has 0 heterocycles. The standard InChI is InChI=1S/C40H29N7O14S3/c1-59-35-20-32(45-47-38-36(62-61-60-52)16-22-8-11-24(17-27(22)39(38)49)41-23-9-6-21(7-10-23)40(50)51)34(48)19-33(35)46-43-30-15-14-29(26-13-12-25(18-28(26)30)63(53,54)55)42-44-31-4-2-3-5-37(31)64(56,57)58/h2-20,41,48-49,52H,1H3,(H,50,51)(H,53,54,55)(H,56,57,58). The second-order valence-corrected chi connectivity index (χ2v) is 16.6. The van der Waals surface area contributed by atoms with E-state index in [1.807, 2.05) is 0 Å². The molecule has 0 radical (unpaired) electrons. The number of benzene rings is 7. The van der Waals surface area contributed by atoms with Crippen LogP contribution in [0.4, 0.5) is 45.5 Å². The smallest absolute Gasteiger partial charge is 0.335 e. The quantitative estimate of drug-likeness (QED) is 0.0165. The first-order valence-electron chi connectivity index (χ1n) is 17.9. The molecular weight excluding hydrogens is 899 g/mol. The Balaban J connectivity index is 1.22. The average molecular weight is 928 g/mol. The van der Waals surface area contributed by atoms with Crippen molar-refractivity contribution in [2.75, 3.05) is 12.4 Å². The van der Waals surface area contributed by atoms with Gasteiger partial charge in [0.2, 0.25) is 0 Å². The number of hydrogen-bond acceptors (Lipinski definition) is 19. The maximum atomic E-state index is 12.1. The molecule has 0 aliphatic rings. The molecule has 0 saturated heterocycles. The van der Waals surface area contributed by atoms with Crippen LogP contribution in [0.1, 0.15) is 10.4 Å². The summed E-state index contributed by atoms with van der Waals surface area (Å²) in [6.45, 7) is 0. The molecule has 0 saturated carbocycles. The normalized spacial score (nSPS) is 12.2. The van der Waals surface area contributed by atoms with Gasteiger partial charge in [-0.2, -0.15) is 16.8 Å². The Hall–Kier alpha value is -7.42. The van der Waals surface area contributed by atoms with Gasteiger partial charge < -0.3 is 25.4 Å². The molecule has 0 unspecified atom stereocenters. The molecule has 0 amide bonds. The fourth-order valence-electron chi connectivity index (χ4n) is 6.07. The second kappa shape index (κ2) is 18.5. The lowest BCUT2D eigenvalue weighted by Crippen LogP contribution is -1.97. The van der Waals surface area contributed by atoms with Gasteiger partial charge in [-0.15, -0.1) is 35.0 Å². The molecule has 24 heteroatoms. The number of aromatic carboxylic acids is 1. The van der Waals surface area contributed by atoms with Crippen LogP contribution < -0.4 is 10.1 Å². The predicted molar refractivity (Wildman–Crippen MR) is 230 cm³/mol. The lowest BCUT2D eigenvalue weighted by atomic mass is 10.1. The Bertz CT molecular complexity index is 3300. The highest BCUT2D eigenvalue weighted by Gasteiger charge is 2.19. The Labute approximate surface area is 365 Å². The largest absolute Gasteiger partial charge is 0.506 e. The van der Waals surface area contributed by atoms with Gasteiger partial charge in [-0.25, -0.2) is 10.1 Å². The number of carboxylic acid groups (broad SMARTS) is 1. The van der Waals surface area contributed by atoms with Gasteiger partial charge in [0.1, 0.15) is 39.1 Å². The number of azo groups is 3. The number of hydrogen-bond donors (Lipinski definition) is 7. The Morgan fingerprint density at radius 3 is 1.97 bits per heavy atom. The number of nitrogens with one attached hydrogen (secondary N) is 1. The molecule has 7 rings (SSSR count). The van der Waals surface area contributed by atoms with Crippen molar-refractivity contribution in [3.63, 3.8) is 0 Å². The van der Waals surface area contributed by atoms with Crippen molar-refractivity contribution >= 4 is 105 Å². The highest BCUT2D eigenvalue weighted by molar-refractivity contribution is 7.94. The number of fused-ring (bicyclic) bond motifs is 2. The number of carboxylic acids is 1. The molecule has 0 aliphatic carbocycles. The molecule has 7 aromatic carbocycles. The van der Waals surface area contributed by atoms with Gasteiger partial charge in [-0.1, -0.05) is 29.3 Å². The lowest BCUT2D eigenvalue weighted by molar-refractivity contribution is -0.432. The van der Waals surface area contributed by atoms with Gasteiger partial charge >= 0.3 is 5.97 Å². The van der Waals surface area contributed by atoms with E-state index in [9.17, 15) is 46.1 Å². The van der Waals surface area contributed by atoms with Gasteiger partial charge in [-0.3, -0.25) is 9.11 Å². The van der Waals surface area contributed by atoms with E-state index < -0.39 is 41.7 Å². The first-order valence-corrected chi connectivity index (χ1v) is 21.5. The maximum Gasteiger partial charge on any atom is 0.335 e. The first-order chi connectivity index (χ1) is 30.5. The van der Waals surface area contributed by atoms with E-state index in [0.717, 1.165) is 24.3 Å². The van der Waals surface area contributed by atoms with Crippen LogP contribution in [0, 0.1) is 0 Å². The number of ether oxygens (including phenoxy) is 1. The summed E-state index contributed by atoms with van der Waals surface area (Å²) >= 11 is 0.493. The number of rotatable bonds is 15. The molecule has 326 valence electrons. The summed E-state index contributed by atoms with van der Waals surface area (Å²) in [6, 6.07) is 26.6. The van der Waals surface area contributed by atoms with Gasteiger partial charge in [0.15, 0.2) is 5.75 Å². The second-order valence-electron chi connectivity index (χ2n) is 13.1. The summed E-state index contributed by atoms with van der Waals surface area (Å²) in [5.41, 5.74) is 0.785. The number of anilines is 2. The fourth-order valence-corrected chi connectivity index (χ4v) is 7.70. The summed E-state index contributed by atoms with van der Waals surface area (Å²) in [5, 5.41) is 73.4. The third-order valence-electron chi connectivity index (χ3n) is 9.08. The monoisotopic (exact) mass is 927 g/mol. The minimum atomic E-state index is -4.71. The van der Waals surface area contributed by atoms with E-state index in [1.165, 1.54) is 61.7 Å². The molecule has 0 atom stereocenters. The minimum absolute atomic E-state index is 0.0165. The van der Waals surface area contributed by atoms with Crippen molar-refractivity contribution in [2.45, 2.75) is 14.7 Å². The number of nitrogens with zero attached hydrogens (tertiary/aromatic N) is 6. The zero-order valence-electron chi connectivity index (χ0n) is 32.3. The summed E-state index contributed by atoms with van der Waals surface area (Å²) in [7, 11) is -8.06. The highest BCUT2D eigenvalue weighted by atomic mass is 32.2. The first kappa shape index (κ1) is 44.6. The van der Waals surface area contributed by atoms with E-state index in [1.54, 1.807) is 36.4 Å². The summed E-state index contributed by atoms with van der Waals surface area (Å²) < 4.78 is 77.4. The number of aromatic hydroxyl groups is 2. The number of carbonyl (C=O) groups is 1. The molecule has 64 heavy (non-hydrogen) atoms. The highest BCUT2D eigenvalue weighted by Crippen LogP contribution is 2.47. The Morgan fingerprint density at radius 1 is 0.641 bits per heavy atom. The van der Waals surface area contributed by atoms with Crippen LogP contribution in [0.5, 0.6) is 17.2 Å². The SMILES string of the molecule is COc1cc(N=Nc2c(SOOO)cc3ccc(Nc4ccc(C(=O)O)cc4)cc3c2O)c(O)cc1N=Nc1ccc(N=Nc2ccccc2S(=O)(=O)O)c2ccc(S(=O)(=O)O)cc12. The molecule has 21 nitrogen and oxygen atoms in total. The third kappa shape index (κ3) is 9.94. The van der Waals surface area contributed by atoms with Crippen molar-refractivity contribution in [3.05, 3.63) is 121 Å². The lowest BCUT2D eigenvalue weighted by Gasteiger charge is -2.12. The van der Waals surface area contributed by atoms with Crippen LogP contribution in [0.25, 0.3) is 21.5 Å². The van der Waals surface area contributed by atoms with Crippen LogP contribution in [0.2, 0.25) is 0 Å². The van der Waals surface area contributed by atoms with Gasteiger partial charge in [-0.05, 0) is 84.2 Å². The zero-order valence-corrected chi connectivity index (χ0v) is 34.8. The van der Waals surface area contributed by atoms with Crippen molar-refractivity contribution in [2.24, 2.45) is 30.7 Å². The molecule has 0 aliphatic heterocycles. The number of phenolic OH excluding ortho intramolecular Hbond substituents is 2. The van der Waals surface area contributed by atoms with Crippen molar-refractivity contribution < 1.29 is 65.4 Å². The van der Waals surface area contributed by atoms with Gasteiger partial charge in [0.25, 0.3) is 20.2 Å². The number of methoxy groups -OCH3 is 1. The van der Waals surface area contributed by atoms with Crippen LogP contribution in [0.3, 0.4) is 0 Å². The van der Waals surface area contributed by atoms with E-state index in [-0.39, 0.29) is 66.9 Å². The van der Waals surface area contributed by atoms with Crippen molar-refractivity contribution in [3.8, 4) is 17.2 Å². The van der Waals surface area contributed by atoms with Crippen LogP contribution in [-0.4, -0.2) is 59.6 Å². The molecule has 0 spiro atoms. The van der Waals surface area contributed by atoms with Crippen LogP contribution in [-0.2, 0) is 29.6 Å². The average Bonchev–Trinajstić information content (AvgIpc) is 3.26. The van der Waals surface area contributed by atoms with Gasteiger partial charge in [0.05, 0.1) is 45.9 Å². The van der Waals surface area contributed by atoms with Crippen molar-refractivity contribution in [1.29, 1.82) is 0 Å². The maximum absolute atomic E-state index is 12.1. The number of phenols is 2. The summed E-state index contributed by atoms with van der Waals surface area (Å²) in [4.78, 5) is 10.4. The molecule has 7 N–H and O–H groups in total.